The molecule has 10 heteroatoms. The number of nitrogens with one attached hydrogen (secondary N) is 2. The van der Waals surface area contributed by atoms with Crippen molar-refractivity contribution in [1.82, 2.24) is 9.97 Å². The van der Waals surface area contributed by atoms with E-state index in [4.69, 9.17) is 4.74 Å². The molecule has 4 aromatic rings. The molecule has 169 valence electrons. The smallest absolute Gasteiger partial charge is 0.265 e. The molecule has 0 atom stereocenters. The number of fused-ring (bicyclic) bond motifs is 1. The van der Waals surface area contributed by atoms with E-state index in [1.807, 2.05) is 0 Å². The van der Waals surface area contributed by atoms with Gasteiger partial charge in [0.1, 0.15) is 4.90 Å². The number of benzene rings is 3. The number of aromatic nitrogens is 2. The molecule has 2 N–H and O–H groups in total. The maximum atomic E-state index is 13.8. The van der Waals surface area contributed by atoms with Crippen molar-refractivity contribution in [2.75, 3.05) is 36.1 Å². The highest BCUT2D eigenvalue weighted by Gasteiger charge is 2.23. The summed E-state index contributed by atoms with van der Waals surface area (Å²) in [4.78, 5) is 10.7. The second-order valence-electron chi connectivity index (χ2n) is 7.27. The van der Waals surface area contributed by atoms with Crippen molar-refractivity contribution in [2.24, 2.45) is 0 Å². The van der Waals surface area contributed by atoms with Crippen LogP contribution >= 0.6 is 0 Å². The standard InChI is InChI=1S/C23H21FN5O3S/c1-29(2)19-10-6-7-11-21(19)33(30,31)28-23-22(26-17-8-4-5-9-18(17)27-23)25-15-12-13-16(24)20(14-15)32-3/h4-9,11-14H,1-3H3,(H,25,26)(H,27,28). The van der Waals surface area contributed by atoms with E-state index < -0.39 is 15.8 Å². The average molecular weight is 467 g/mol. The summed E-state index contributed by atoms with van der Waals surface area (Å²) in [6.07, 6.45) is 0. The largest absolute Gasteiger partial charge is 0.494 e. The van der Waals surface area contributed by atoms with Crippen molar-refractivity contribution in [3.8, 4) is 5.75 Å². The van der Waals surface area contributed by atoms with Crippen LogP contribution in [0.5, 0.6) is 5.75 Å². The van der Waals surface area contributed by atoms with E-state index in [0.717, 1.165) is 0 Å². The van der Waals surface area contributed by atoms with Gasteiger partial charge in [-0.1, -0.05) is 24.3 Å². The first-order valence-electron chi connectivity index (χ1n) is 9.86. The van der Waals surface area contributed by atoms with E-state index in [0.29, 0.717) is 22.4 Å². The number of methoxy groups -OCH3 is 1. The minimum Gasteiger partial charge on any atom is -0.494 e. The van der Waals surface area contributed by atoms with Crippen molar-refractivity contribution >= 4 is 44.1 Å². The van der Waals surface area contributed by atoms with Gasteiger partial charge in [-0.2, -0.15) is 0 Å². The van der Waals surface area contributed by atoms with Gasteiger partial charge in [0.25, 0.3) is 10.0 Å². The summed E-state index contributed by atoms with van der Waals surface area (Å²) in [6, 6.07) is 18.9. The SMILES string of the molecule is COc1cc(Nc2nc3ccccc3nc2NS(=O)(=O)c2ccc[c]c2N(C)C)ccc1F. The van der Waals surface area contributed by atoms with E-state index in [1.165, 1.54) is 31.4 Å². The summed E-state index contributed by atoms with van der Waals surface area (Å²) < 4.78 is 48.0. The quantitative estimate of drug-likeness (QED) is 0.422. The Labute approximate surface area is 191 Å². The second-order valence-corrected chi connectivity index (χ2v) is 8.92. The molecular formula is C23H21FN5O3S. The lowest BCUT2D eigenvalue weighted by Gasteiger charge is -2.18. The van der Waals surface area contributed by atoms with Gasteiger partial charge in [0.05, 0.1) is 23.8 Å². The summed E-state index contributed by atoms with van der Waals surface area (Å²) in [5.74, 6) is -0.348. The molecule has 1 aromatic heterocycles. The zero-order valence-electron chi connectivity index (χ0n) is 18.1. The van der Waals surface area contributed by atoms with E-state index in [1.54, 1.807) is 55.4 Å². The Morgan fingerprint density at radius 2 is 1.70 bits per heavy atom. The van der Waals surface area contributed by atoms with Crippen LogP contribution in [0.1, 0.15) is 0 Å². The fourth-order valence-corrected chi connectivity index (χ4v) is 4.45. The number of hydrogen-bond acceptors (Lipinski definition) is 7. The number of rotatable bonds is 7. The average Bonchev–Trinajstić information content (AvgIpc) is 2.80. The van der Waals surface area contributed by atoms with Crippen molar-refractivity contribution < 1.29 is 17.5 Å². The molecule has 0 aliphatic heterocycles. The van der Waals surface area contributed by atoms with Crippen LogP contribution in [0.25, 0.3) is 11.0 Å². The normalized spacial score (nSPS) is 11.3. The van der Waals surface area contributed by atoms with Gasteiger partial charge in [0.2, 0.25) is 0 Å². The maximum absolute atomic E-state index is 13.8. The molecule has 0 aliphatic carbocycles. The van der Waals surface area contributed by atoms with Crippen molar-refractivity contribution in [3.05, 3.63) is 72.5 Å². The number of ether oxygens (including phenoxy) is 1. The van der Waals surface area contributed by atoms with Crippen LogP contribution in [0.4, 0.5) is 27.4 Å². The molecule has 0 fully saturated rings. The van der Waals surface area contributed by atoms with Crippen LogP contribution in [0.2, 0.25) is 0 Å². The Morgan fingerprint density at radius 3 is 2.36 bits per heavy atom. The third kappa shape index (κ3) is 4.65. The van der Waals surface area contributed by atoms with Gasteiger partial charge in [-0.3, -0.25) is 4.72 Å². The van der Waals surface area contributed by atoms with E-state index >= 15 is 0 Å². The molecule has 0 aliphatic rings. The molecule has 0 spiro atoms. The van der Waals surface area contributed by atoms with Crippen LogP contribution in [0, 0.1) is 11.9 Å². The third-order valence-corrected chi connectivity index (χ3v) is 6.12. The van der Waals surface area contributed by atoms with Crippen LogP contribution in [0.3, 0.4) is 0 Å². The van der Waals surface area contributed by atoms with Gasteiger partial charge < -0.3 is 15.0 Å². The monoisotopic (exact) mass is 466 g/mol. The van der Waals surface area contributed by atoms with Crippen molar-refractivity contribution in [2.45, 2.75) is 4.90 Å². The summed E-state index contributed by atoms with van der Waals surface area (Å²) in [6.45, 7) is 0. The molecule has 1 radical (unpaired) electrons. The number of hydrogen-bond donors (Lipinski definition) is 2. The Bertz CT molecular complexity index is 1430. The first kappa shape index (κ1) is 22.3. The second kappa shape index (κ2) is 8.91. The van der Waals surface area contributed by atoms with Crippen LogP contribution in [0.15, 0.2) is 65.6 Å². The maximum Gasteiger partial charge on any atom is 0.265 e. The first-order chi connectivity index (χ1) is 15.8. The van der Waals surface area contributed by atoms with Gasteiger partial charge in [0, 0.05) is 31.9 Å². The van der Waals surface area contributed by atoms with Gasteiger partial charge in [-0.15, -0.1) is 0 Å². The van der Waals surface area contributed by atoms with E-state index in [9.17, 15) is 12.8 Å². The molecule has 4 rings (SSSR count). The zero-order chi connectivity index (χ0) is 23.6. The highest BCUT2D eigenvalue weighted by molar-refractivity contribution is 7.92. The Balaban J connectivity index is 1.80. The lowest BCUT2D eigenvalue weighted by Crippen LogP contribution is -2.20. The molecule has 0 bridgehead atoms. The number of anilines is 4. The summed E-state index contributed by atoms with van der Waals surface area (Å²) in [5.41, 5.74) is 1.90. The lowest BCUT2D eigenvalue weighted by molar-refractivity contribution is 0.387. The number of nitrogens with zero attached hydrogens (tertiary/aromatic N) is 3. The lowest BCUT2D eigenvalue weighted by atomic mass is 10.2. The molecule has 0 saturated carbocycles. The molecule has 0 unspecified atom stereocenters. The van der Waals surface area contributed by atoms with E-state index in [-0.39, 0.29) is 22.3 Å². The Morgan fingerprint density at radius 1 is 1.00 bits per heavy atom. The minimum absolute atomic E-state index is 0.00875. The molecule has 3 aromatic carbocycles. The zero-order valence-corrected chi connectivity index (χ0v) is 18.9. The van der Waals surface area contributed by atoms with Crippen LogP contribution < -0.4 is 19.7 Å². The number of para-hydroxylation sites is 3. The summed E-state index contributed by atoms with van der Waals surface area (Å²) in [5, 5.41) is 3.01. The Hall–Kier alpha value is -3.92. The van der Waals surface area contributed by atoms with Gasteiger partial charge in [-0.25, -0.2) is 22.8 Å². The van der Waals surface area contributed by atoms with Crippen molar-refractivity contribution in [1.29, 1.82) is 0 Å². The number of halogens is 1. The molecule has 1 heterocycles. The first-order valence-corrected chi connectivity index (χ1v) is 11.3. The predicted molar refractivity (Wildman–Crippen MR) is 126 cm³/mol. The fourth-order valence-electron chi connectivity index (χ4n) is 3.19. The number of sulfonamides is 1. The van der Waals surface area contributed by atoms with E-state index in [2.05, 4.69) is 26.1 Å². The van der Waals surface area contributed by atoms with Gasteiger partial charge in [0.15, 0.2) is 23.2 Å². The molecule has 33 heavy (non-hydrogen) atoms. The minimum atomic E-state index is -4.04. The van der Waals surface area contributed by atoms with Crippen LogP contribution in [-0.2, 0) is 10.0 Å². The topological polar surface area (TPSA) is 96.5 Å². The van der Waals surface area contributed by atoms with Gasteiger partial charge in [-0.05, 0) is 30.3 Å². The molecule has 0 amide bonds. The molecular weight excluding hydrogens is 445 g/mol. The van der Waals surface area contributed by atoms with Gasteiger partial charge >= 0.3 is 0 Å². The summed E-state index contributed by atoms with van der Waals surface area (Å²) >= 11 is 0. The Kier molecular flexibility index (Phi) is 6.01. The fraction of sp³-hybridized carbons (Fsp3) is 0.130. The highest BCUT2D eigenvalue weighted by atomic mass is 32.2. The molecule has 8 nitrogen and oxygen atoms in total. The third-order valence-electron chi connectivity index (χ3n) is 4.75. The van der Waals surface area contributed by atoms with Crippen LogP contribution in [-0.4, -0.2) is 39.6 Å². The van der Waals surface area contributed by atoms with Crippen molar-refractivity contribution in [3.63, 3.8) is 0 Å². The highest BCUT2D eigenvalue weighted by Crippen LogP contribution is 2.31. The predicted octanol–water partition coefficient (Wildman–Crippen LogP) is 4.19. The molecule has 0 saturated heterocycles. The summed E-state index contributed by atoms with van der Waals surface area (Å²) in [7, 11) is 0.779.